The molecule has 1 atom stereocenters. The number of nitrogens with one attached hydrogen (secondary N) is 1. The van der Waals surface area contributed by atoms with Crippen LogP contribution >= 0.6 is 11.8 Å². The molecule has 0 bridgehead atoms. The summed E-state index contributed by atoms with van der Waals surface area (Å²) in [5.41, 5.74) is 2.67. The molecule has 3 aromatic rings. The Labute approximate surface area is 186 Å². The fourth-order valence-corrected chi connectivity index (χ4v) is 4.90. The maximum Gasteiger partial charge on any atom is 0.242 e. The van der Waals surface area contributed by atoms with Gasteiger partial charge in [0, 0.05) is 12.0 Å². The number of ether oxygens (including phenoxy) is 1. The fraction of sp³-hybridized carbons (Fsp3) is 0.375. The van der Waals surface area contributed by atoms with Gasteiger partial charge in [0.15, 0.2) is 5.16 Å². The summed E-state index contributed by atoms with van der Waals surface area (Å²) in [5, 5.41) is 12.5. The lowest BCUT2D eigenvalue weighted by molar-refractivity contribution is -0.115. The van der Waals surface area contributed by atoms with Crippen molar-refractivity contribution in [3.8, 4) is 5.75 Å². The molecule has 2 aliphatic rings. The molecule has 5 rings (SSSR count). The summed E-state index contributed by atoms with van der Waals surface area (Å²) in [6.07, 6.45) is 4.69. The first-order valence-electron chi connectivity index (χ1n) is 10.8. The van der Waals surface area contributed by atoms with Gasteiger partial charge in [0.05, 0.1) is 12.8 Å². The molecule has 0 saturated heterocycles. The van der Waals surface area contributed by atoms with E-state index in [1.165, 1.54) is 24.6 Å². The number of hydrogen-bond acceptors (Lipinski definition) is 5. The van der Waals surface area contributed by atoms with E-state index in [2.05, 4.69) is 20.1 Å². The highest BCUT2D eigenvalue weighted by atomic mass is 32.2. The Morgan fingerprint density at radius 3 is 2.58 bits per heavy atom. The zero-order valence-corrected chi connectivity index (χ0v) is 18.6. The molecule has 2 saturated carbocycles. The van der Waals surface area contributed by atoms with Crippen molar-refractivity contribution in [1.29, 1.82) is 0 Å². The summed E-state index contributed by atoms with van der Waals surface area (Å²) in [6.45, 7) is 2.00. The van der Waals surface area contributed by atoms with Crippen LogP contribution in [0, 0.1) is 6.92 Å². The highest BCUT2D eigenvalue weighted by molar-refractivity contribution is 8.00. The van der Waals surface area contributed by atoms with Crippen molar-refractivity contribution < 1.29 is 9.53 Å². The van der Waals surface area contributed by atoms with Crippen molar-refractivity contribution >= 4 is 23.4 Å². The lowest BCUT2D eigenvalue weighted by Crippen LogP contribution is -2.20. The number of anilines is 1. The van der Waals surface area contributed by atoms with Gasteiger partial charge in [-0.1, -0.05) is 48.2 Å². The first kappa shape index (κ1) is 20.1. The summed E-state index contributed by atoms with van der Waals surface area (Å²) < 4.78 is 7.74. The Balaban J connectivity index is 1.46. The molecule has 2 aliphatic carbocycles. The van der Waals surface area contributed by atoms with E-state index in [0.29, 0.717) is 23.4 Å². The van der Waals surface area contributed by atoms with Crippen LogP contribution in [0.25, 0.3) is 0 Å². The fourth-order valence-electron chi connectivity index (χ4n) is 3.79. The second-order valence-electron chi connectivity index (χ2n) is 8.32. The number of aryl methyl sites for hydroxylation is 1. The molecule has 2 aromatic carbocycles. The minimum absolute atomic E-state index is 0.0987. The maximum atomic E-state index is 13.5. The van der Waals surface area contributed by atoms with Crippen molar-refractivity contribution in [3.63, 3.8) is 0 Å². The minimum Gasteiger partial charge on any atom is -0.495 e. The molecule has 31 heavy (non-hydrogen) atoms. The number of nitrogens with zero attached hydrogens (tertiary/aromatic N) is 3. The van der Waals surface area contributed by atoms with Crippen molar-refractivity contribution in [2.45, 2.75) is 55.0 Å². The number of benzene rings is 2. The third kappa shape index (κ3) is 4.32. The van der Waals surface area contributed by atoms with Crippen LogP contribution in [0.4, 0.5) is 5.69 Å². The Hall–Kier alpha value is -2.80. The second-order valence-corrected chi connectivity index (χ2v) is 9.39. The van der Waals surface area contributed by atoms with E-state index in [1.54, 1.807) is 7.11 Å². The molecule has 1 aromatic heterocycles. The molecular formula is C24H26N4O2S. The monoisotopic (exact) mass is 434 g/mol. The molecule has 1 N–H and O–H groups in total. The van der Waals surface area contributed by atoms with Gasteiger partial charge in [0.25, 0.3) is 0 Å². The van der Waals surface area contributed by atoms with Gasteiger partial charge in [-0.3, -0.25) is 4.79 Å². The molecular weight excluding hydrogens is 408 g/mol. The van der Waals surface area contributed by atoms with Crippen LogP contribution in [0.1, 0.15) is 59.8 Å². The Morgan fingerprint density at radius 2 is 1.90 bits per heavy atom. The van der Waals surface area contributed by atoms with Gasteiger partial charge in [0.2, 0.25) is 5.91 Å². The quantitative estimate of drug-likeness (QED) is 0.489. The van der Waals surface area contributed by atoms with E-state index in [0.717, 1.165) is 34.9 Å². The van der Waals surface area contributed by atoms with E-state index in [4.69, 9.17) is 4.74 Å². The number of carbonyl (C=O) groups is 1. The lowest BCUT2D eigenvalue weighted by atomic mass is 10.1. The molecule has 0 unspecified atom stereocenters. The molecule has 1 heterocycles. The summed E-state index contributed by atoms with van der Waals surface area (Å²) in [5.74, 6) is 2.17. The van der Waals surface area contributed by atoms with Crippen molar-refractivity contribution in [2.75, 3.05) is 12.4 Å². The van der Waals surface area contributed by atoms with Crippen LogP contribution in [0.3, 0.4) is 0 Å². The smallest absolute Gasteiger partial charge is 0.242 e. The molecule has 1 amide bonds. The lowest BCUT2D eigenvalue weighted by Gasteiger charge is -2.19. The van der Waals surface area contributed by atoms with E-state index in [-0.39, 0.29) is 5.91 Å². The highest BCUT2D eigenvalue weighted by Crippen LogP contribution is 2.47. The second kappa shape index (κ2) is 8.38. The molecule has 6 nitrogen and oxygen atoms in total. The number of aromatic nitrogens is 3. The summed E-state index contributed by atoms with van der Waals surface area (Å²) >= 11 is 1.48. The number of thioether (sulfide) groups is 1. The number of hydrogen-bond donors (Lipinski definition) is 1. The zero-order chi connectivity index (χ0) is 21.4. The molecule has 160 valence electrons. The van der Waals surface area contributed by atoms with Gasteiger partial charge in [-0.25, -0.2) is 0 Å². The van der Waals surface area contributed by atoms with Crippen LogP contribution in [0.15, 0.2) is 53.7 Å². The Bertz CT molecular complexity index is 1090. The third-order valence-electron chi connectivity index (χ3n) is 5.72. The van der Waals surface area contributed by atoms with Gasteiger partial charge < -0.3 is 14.6 Å². The van der Waals surface area contributed by atoms with Crippen LogP contribution in [0.2, 0.25) is 0 Å². The van der Waals surface area contributed by atoms with Crippen molar-refractivity contribution in [3.05, 3.63) is 65.5 Å². The Morgan fingerprint density at radius 1 is 1.13 bits per heavy atom. The highest BCUT2D eigenvalue weighted by Gasteiger charge is 2.37. The molecule has 7 heteroatoms. The van der Waals surface area contributed by atoms with Crippen LogP contribution < -0.4 is 10.1 Å². The van der Waals surface area contributed by atoms with Gasteiger partial charge >= 0.3 is 0 Å². The number of methoxy groups -OCH3 is 1. The molecule has 2 fully saturated rings. The standard InChI is InChI=1S/C24H26N4O2S/c1-15-8-13-20(30-2)19(14-15)25-23(29)21(16-6-4-3-5-7-16)31-24-27-26-22(17-9-10-17)28(24)18-11-12-18/h3-8,13-14,17-18,21H,9-12H2,1-2H3,(H,25,29)/t21-/m1/s1. The average molecular weight is 435 g/mol. The van der Waals surface area contributed by atoms with Crippen molar-refractivity contribution in [2.24, 2.45) is 0 Å². The third-order valence-corrected chi connectivity index (χ3v) is 6.93. The largest absolute Gasteiger partial charge is 0.495 e. The van der Waals surface area contributed by atoms with Gasteiger partial charge in [-0.15, -0.1) is 10.2 Å². The maximum absolute atomic E-state index is 13.5. The van der Waals surface area contributed by atoms with E-state index < -0.39 is 5.25 Å². The van der Waals surface area contributed by atoms with Crippen LogP contribution in [-0.2, 0) is 4.79 Å². The van der Waals surface area contributed by atoms with Gasteiger partial charge in [-0.2, -0.15) is 0 Å². The topological polar surface area (TPSA) is 69.0 Å². The molecule has 0 aliphatic heterocycles. The van der Waals surface area contributed by atoms with Gasteiger partial charge in [-0.05, 0) is 55.9 Å². The molecule has 0 radical (unpaired) electrons. The minimum atomic E-state index is -0.444. The molecule has 0 spiro atoms. The zero-order valence-electron chi connectivity index (χ0n) is 17.7. The SMILES string of the molecule is COc1ccc(C)cc1NC(=O)[C@H](Sc1nnc(C2CC2)n1C1CC1)c1ccccc1. The predicted octanol–water partition coefficient (Wildman–Crippen LogP) is 5.28. The average Bonchev–Trinajstić information content (AvgIpc) is 3.71. The summed E-state index contributed by atoms with van der Waals surface area (Å²) in [4.78, 5) is 13.5. The summed E-state index contributed by atoms with van der Waals surface area (Å²) in [6, 6.07) is 16.1. The van der Waals surface area contributed by atoms with Crippen molar-refractivity contribution in [1.82, 2.24) is 14.8 Å². The van der Waals surface area contributed by atoms with Crippen LogP contribution in [0.5, 0.6) is 5.75 Å². The first-order valence-corrected chi connectivity index (χ1v) is 11.6. The van der Waals surface area contributed by atoms with Crippen LogP contribution in [-0.4, -0.2) is 27.8 Å². The Kier molecular flexibility index (Phi) is 5.44. The normalized spacial score (nSPS) is 16.7. The number of rotatable bonds is 8. The number of amides is 1. The van der Waals surface area contributed by atoms with Gasteiger partial charge in [0.1, 0.15) is 16.8 Å². The first-order chi connectivity index (χ1) is 15.1. The van der Waals surface area contributed by atoms with E-state index in [9.17, 15) is 4.79 Å². The van der Waals surface area contributed by atoms with E-state index >= 15 is 0 Å². The van der Waals surface area contributed by atoms with E-state index in [1.807, 2.05) is 55.5 Å². The number of carbonyl (C=O) groups excluding carboxylic acids is 1. The predicted molar refractivity (Wildman–Crippen MR) is 122 cm³/mol. The summed E-state index contributed by atoms with van der Waals surface area (Å²) in [7, 11) is 1.61.